The third kappa shape index (κ3) is 3.17. The van der Waals surface area contributed by atoms with Crippen LogP contribution >= 0.6 is 11.6 Å². The van der Waals surface area contributed by atoms with Crippen molar-refractivity contribution >= 4 is 11.6 Å². The maximum Gasteiger partial charge on any atom is 0.0844 e. The number of benzene rings is 2. The van der Waals surface area contributed by atoms with Crippen molar-refractivity contribution in [2.75, 3.05) is 0 Å². The predicted octanol–water partition coefficient (Wildman–Crippen LogP) is 4.54. The van der Waals surface area contributed by atoms with Gasteiger partial charge in [0.15, 0.2) is 0 Å². The van der Waals surface area contributed by atoms with Gasteiger partial charge < -0.3 is 5.11 Å². The molecule has 2 rings (SSSR count). The molecule has 1 unspecified atom stereocenters. The Balaban J connectivity index is 2.23. The first kappa shape index (κ1) is 14.1. The summed E-state index contributed by atoms with van der Waals surface area (Å²) >= 11 is 6.25. The first-order valence-electron chi connectivity index (χ1n) is 6.48. The monoisotopic (exact) mass is 274 g/mol. The number of aryl methyl sites for hydroxylation is 3. The highest BCUT2D eigenvalue weighted by atomic mass is 35.5. The molecule has 1 nitrogen and oxygen atoms in total. The lowest BCUT2D eigenvalue weighted by Crippen LogP contribution is -2.03. The minimum absolute atomic E-state index is 0.561. The van der Waals surface area contributed by atoms with Gasteiger partial charge in [-0.3, -0.25) is 0 Å². The van der Waals surface area contributed by atoms with Crippen LogP contribution in [0.2, 0.25) is 5.02 Å². The minimum atomic E-state index is -0.561. The zero-order chi connectivity index (χ0) is 14.0. The molecular formula is C17H19ClO. The van der Waals surface area contributed by atoms with Crippen LogP contribution in [0.25, 0.3) is 0 Å². The normalized spacial score (nSPS) is 12.5. The summed E-state index contributed by atoms with van der Waals surface area (Å²) in [7, 11) is 0. The molecule has 0 aromatic heterocycles. The molecule has 0 bridgehead atoms. The average Bonchev–Trinajstić information content (AvgIpc) is 2.37. The van der Waals surface area contributed by atoms with E-state index >= 15 is 0 Å². The van der Waals surface area contributed by atoms with Crippen LogP contribution in [-0.4, -0.2) is 5.11 Å². The smallest absolute Gasteiger partial charge is 0.0844 e. The number of hydrogen-bond donors (Lipinski definition) is 1. The molecule has 0 saturated carbocycles. The Morgan fingerprint density at radius 3 is 2.42 bits per heavy atom. The van der Waals surface area contributed by atoms with Crippen molar-refractivity contribution in [1.29, 1.82) is 0 Å². The third-order valence-electron chi connectivity index (χ3n) is 3.58. The van der Waals surface area contributed by atoms with E-state index in [2.05, 4.69) is 32.0 Å². The molecule has 2 aromatic carbocycles. The molecule has 0 amide bonds. The average molecular weight is 275 g/mol. The molecule has 19 heavy (non-hydrogen) atoms. The van der Waals surface area contributed by atoms with Gasteiger partial charge >= 0.3 is 0 Å². The molecule has 0 fully saturated rings. The van der Waals surface area contributed by atoms with Gasteiger partial charge in [0.2, 0.25) is 0 Å². The van der Waals surface area contributed by atoms with Gasteiger partial charge in [0, 0.05) is 11.4 Å². The summed E-state index contributed by atoms with van der Waals surface area (Å²) in [6.45, 7) is 6.13. The quantitative estimate of drug-likeness (QED) is 0.871. The fourth-order valence-corrected chi connectivity index (χ4v) is 2.44. The van der Waals surface area contributed by atoms with E-state index < -0.39 is 6.10 Å². The summed E-state index contributed by atoms with van der Waals surface area (Å²) in [5.41, 5.74) is 5.46. The van der Waals surface area contributed by atoms with Crippen molar-refractivity contribution in [3.8, 4) is 0 Å². The molecule has 0 aliphatic rings. The van der Waals surface area contributed by atoms with Gasteiger partial charge in [0.1, 0.15) is 0 Å². The number of rotatable bonds is 3. The predicted molar refractivity (Wildman–Crippen MR) is 80.8 cm³/mol. The molecule has 100 valence electrons. The van der Waals surface area contributed by atoms with Gasteiger partial charge in [0.25, 0.3) is 0 Å². The summed E-state index contributed by atoms with van der Waals surface area (Å²) in [5, 5.41) is 11.0. The number of aliphatic hydroxyl groups excluding tert-OH is 1. The molecule has 0 aliphatic carbocycles. The second-order valence-corrected chi connectivity index (χ2v) is 5.49. The fraction of sp³-hybridized carbons (Fsp3) is 0.294. The summed E-state index contributed by atoms with van der Waals surface area (Å²) in [4.78, 5) is 0. The van der Waals surface area contributed by atoms with Crippen LogP contribution in [0.3, 0.4) is 0 Å². The molecule has 1 N–H and O–H groups in total. The van der Waals surface area contributed by atoms with Gasteiger partial charge in [0.05, 0.1) is 6.10 Å². The zero-order valence-corrected chi connectivity index (χ0v) is 12.3. The second-order valence-electron chi connectivity index (χ2n) is 5.12. The van der Waals surface area contributed by atoms with E-state index in [4.69, 9.17) is 11.6 Å². The molecule has 0 saturated heterocycles. The Kier molecular flexibility index (Phi) is 4.28. The zero-order valence-electron chi connectivity index (χ0n) is 11.6. The highest BCUT2D eigenvalue weighted by Gasteiger charge is 2.13. The van der Waals surface area contributed by atoms with Crippen molar-refractivity contribution in [3.63, 3.8) is 0 Å². The van der Waals surface area contributed by atoms with Crippen LogP contribution < -0.4 is 0 Å². The van der Waals surface area contributed by atoms with E-state index in [-0.39, 0.29) is 0 Å². The van der Waals surface area contributed by atoms with Crippen LogP contribution in [-0.2, 0) is 6.42 Å². The molecule has 2 aromatic rings. The minimum Gasteiger partial charge on any atom is -0.388 e. The third-order valence-corrected chi connectivity index (χ3v) is 4.10. The number of aliphatic hydroxyl groups is 1. The van der Waals surface area contributed by atoms with E-state index in [9.17, 15) is 5.11 Å². The molecule has 2 heteroatoms. The lowest BCUT2D eigenvalue weighted by molar-refractivity contribution is 0.178. The molecule has 0 heterocycles. The van der Waals surface area contributed by atoms with Crippen LogP contribution in [0.4, 0.5) is 0 Å². The summed E-state index contributed by atoms with van der Waals surface area (Å²) in [6, 6.07) is 12.1. The van der Waals surface area contributed by atoms with Crippen molar-refractivity contribution in [2.45, 2.75) is 33.3 Å². The lowest BCUT2D eigenvalue weighted by atomic mass is 9.97. The van der Waals surface area contributed by atoms with E-state index in [1.807, 2.05) is 25.1 Å². The fourth-order valence-electron chi connectivity index (χ4n) is 2.19. The van der Waals surface area contributed by atoms with Gasteiger partial charge in [-0.05, 0) is 48.6 Å². The second kappa shape index (κ2) is 5.77. The maximum atomic E-state index is 10.4. The number of halogens is 1. The highest BCUT2D eigenvalue weighted by molar-refractivity contribution is 6.32. The van der Waals surface area contributed by atoms with E-state index in [0.29, 0.717) is 11.4 Å². The van der Waals surface area contributed by atoms with Crippen molar-refractivity contribution < 1.29 is 5.11 Å². The van der Waals surface area contributed by atoms with Crippen molar-refractivity contribution in [3.05, 3.63) is 69.2 Å². The van der Waals surface area contributed by atoms with E-state index in [0.717, 1.165) is 16.7 Å². The molecule has 0 spiro atoms. The van der Waals surface area contributed by atoms with Crippen LogP contribution in [0.5, 0.6) is 0 Å². The topological polar surface area (TPSA) is 20.2 Å². The first-order valence-corrected chi connectivity index (χ1v) is 6.86. The van der Waals surface area contributed by atoms with Crippen LogP contribution in [0, 0.1) is 20.8 Å². The van der Waals surface area contributed by atoms with E-state index in [1.165, 1.54) is 11.1 Å². The summed E-state index contributed by atoms with van der Waals surface area (Å²) < 4.78 is 0. The Morgan fingerprint density at radius 1 is 1.00 bits per heavy atom. The Bertz CT molecular complexity index is 590. The Morgan fingerprint density at radius 2 is 1.74 bits per heavy atom. The highest BCUT2D eigenvalue weighted by Crippen LogP contribution is 2.28. The van der Waals surface area contributed by atoms with Crippen LogP contribution in [0.15, 0.2) is 36.4 Å². The van der Waals surface area contributed by atoms with Gasteiger partial charge in [-0.15, -0.1) is 0 Å². The molecule has 0 radical (unpaired) electrons. The summed E-state index contributed by atoms with van der Waals surface area (Å²) in [6.07, 6.45) is 0.0270. The maximum absolute atomic E-state index is 10.4. The molecule has 0 aliphatic heterocycles. The van der Waals surface area contributed by atoms with Gasteiger partial charge in [-0.25, -0.2) is 0 Å². The van der Waals surface area contributed by atoms with Gasteiger partial charge in [-0.1, -0.05) is 48.0 Å². The van der Waals surface area contributed by atoms with Gasteiger partial charge in [-0.2, -0.15) is 0 Å². The molecule has 1 atom stereocenters. The summed E-state index contributed by atoms with van der Waals surface area (Å²) in [5.74, 6) is 0. The number of hydrogen-bond acceptors (Lipinski definition) is 1. The standard InChI is InChI=1S/C17H19ClO/c1-11-7-8-14(9-13(11)3)10-16(19)15-6-4-5-12(2)17(15)18/h4-9,16,19H,10H2,1-3H3. The largest absolute Gasteiger partial charge is 0.388 e. The van der Waals surface area contributed by atoms with Crippen LogP contribution in [0.1, 0.15) is 33.9 Å². The van der Waals surface area contributed by atoms with E-state index in [1.54, 1.807) is 0 Å². The van der Waals surface area contributed by atoms with Crippen molar-refractivity contribution in [1.82, 2.24) is 0 Å². The lowest BCUT2D eigenvalue weighted by Gasteiger charge is -2.15. The Labute approximate surface area is 119 Å². The molecular weight excluding hydrogens is 256 g/mol. The Hall–Kier alpha value is -1.31. The van der Waals surface area contributed by atoms with Crippen molar-refractivity contribution in [2.24, 2.45) is 0 Å². The SMILES string of the molecule is Cc1ccc(CC(O)c2cccc(C)c2Cl)cc1C. The first-order chi connectivity index (χ1) is 8.99.